The van der Waals surface area contributed by atoms with Crippen LogP contribution in [0, 0.1) is 0 Å². The van der Waals surface area contributed by atoms with Gasteiger partial charge in [0, 0.05) is 19.2 Å². The van der Waals surface area contributed by atoms with Gasteiger partial charge in [-0.25, -0.2) is 0 Å². The lowest BCUT2D eigenvalue weighted by Crippen LogP contribution is -2.32. The Hall–Kier alpha value is -3.12. The van der Waals surface area contributed by atoms with E-state index in [0.717, 1.165) is 25.7 Å². The van der Waals surface area contributed by atoms with E-state index >= 15 is 0 Å². The molecule has 1 unspecified atom stereocenters. The molecule has 30 heavy (non-hydrogen) atoms. The number of hydrogen-bond donors (Lipinski definition) is 2. The number of benzene rings is 2. The number of phenols is 1. The minimum Gasteiger partial charge on any atom is -0.508 e. The maximum Gasteiger partial charge on any atom is 0.295 e. The second-order valence-corrected chi connectivity index (χ2v) is 7.77. The number of carbonyl (C=O) groups excluding carboxylic acids is 2. The van der Waals surface area contributed by atoms with Crippen molar-refractivity contribution in [2.24, 2.45) is 0 Å². The molecule has 2 N–H and O–H groups in total. The number of fused-ring (bicyclic) bond motifs is 1. The summed E-state index contributed by atoms with van der Waals surface area (Å²) in [5, 5.41) is 20.8. The third-order valence-electron chi connectivity index (χ3n) is 5.91. The van der Waals surface area contributed by atoms with Gasteiger partial charge in [-0.15, -0.1) is 0 Å². The summed E-state index contributed by atoms with van der Waals surface area (Å²) in [5.41, 5.74) is 3.71. The lowest BCUT2D eigenvalue weighted by Gasteiger charge is -2.25. The molecule has 6 heteroatoms. The Kier molecular flexibility index (Phi) is 5.59. The number of rotatable bonds is 5. The molecule has 0 bridgehead atoms. The largest absolute Gasteiger partial charge is 0.508 e. The van der Waals surface area contributed by atoms with Crippen LogP contribution >= 0.6 is 0 Å². The van der Waals surface area contributed by atoms with E-state index in [1.54, 1.807) is 12.1 Å². The number of Topliss-reactive ketones (excluding diaryl/α,β-unsaturated/α-hetero) is 1. The van der Waals surface area contributed by atoms with Gasteiger partial charge in [0.1, 0.15) is 11.5 Å². The van der Waals surface area contributed by atoms with E-state index in [0.29, 0.717) is 11.1 Å². The Labute approximate surface area is 175 Å². The van der Waals surface area contributed by atoms with Crippen molar-refractivity contribution in [2.75, 3.05) is 20.3 Å². The van der Waals surface area contributed by atoms with E-state index in [4.69, 9.17) is 4.74 Å². The zero-order valence-corrected chi connectivity index (χ0v) is 16.9. The van der Waals surface area contributed by atoms with E-state index < -0.39 is 17.7 Å². The van der Waals surface area contributed by atoms with Crippen LogP contribution in [0.15, 0.2) is 48.0 Å². The van der Waals surface area contributed by atoms with Gasteiger partial charge in [-0.3, -0.25) is 9.59 Å². The third kappa shape index (κ3) is 3.59. The molecule has 2 aromatic carbocycles. The summed E-state index contributed by atoms with van der Waals surface area (Å²) in [4.78, 5) is 27.1. The number of carbonyl (C=O) groups is 2. The Morgan fingerprint density at radius 2 is 1.77 bits per heavy atom. The van der Waals surface area contributed by atoms with Gasteiger partial charge in [0.25, 0.3) is 11.7 Å². The van der Waals surface area contributed by atoms with Crippen molar-refractivity contribution in [3.8, 4) is 5.75 Å². The summed E-state index contributed by atoms with van der Waals surface area (Å²) in [6.07, 6.45) is 4.22. The summed E-state index contributed by atoms with van der Waals surface area (Å²) in [6.45, 7) is 0.480. The van der Waals surface area contributed by atoms with Gasteiger partial charge < -0.3 is 19.8 Å². The second kappa shape index (κ2) is 8.32. The van der Waals surface area contributed by atoms with Gasteiger partial charge in [0.2, 0.25) is 0 Å². The van der Waals surface area contributed by atoms with Gasteiger partial charge in [-0.2, -0.15) is 0 Å². The highest BCUT2D eigenvalue weighted by Gasteiger charge is 2.45. The molecule has 0 radical (unpaired) electrons. The average molecular weight is 407 g/mol. The molecule has 1 heterocycles. The minimum absolute atomic E-state index is 0.0672. The fourth-order valence-electron chi connectivity index (χ4n) is 4.34. The summed E-state index contributed by atoms with van der Waals surface area (Å²) in [6, 6.07) is 11.3. The number of nitrogens with zero attached hydrogens (tertiary/aromatic N) is 1. The normalized spacial score (nSPS) is 20.4. The van der Waals surface area contributed by atoms with Gasteiger partial charge in [0.15, 0.2) is 0 Å². The molecule has 0 saturated carbocycles. The Morgan fingerprint density at radius 1 is 1.07 bits per heavy atom. The predicted octanol–water partition coefficient (Wildman–Crippen LogP) is 3.34. The zero-order chi connectivity index (χ0) is 21.3. The van der Waals surface area contributed by atoms with Crippen molar-refractivity contribution in [2.45, 2.75) is 31.7 Å². The van der Waals surface area contributed by atoms with Crippen molar-refractivity contribution in [3.05, 3.63) is 70.3 Å². The lowest BCUT2D eigenvalue weighted by molar-refractivity contribution is -0.140. The lowest BCUT2D eigenvalue weighted by atomic mass is 9.88. The Morgan fingerprint density at radius 3 is 2.47 bits per heavy atom. The van der Waals surface area contributed by atoms with Gasteiger partial charge in [0.05, 0.1) is 18.2 Å². The number of aromatic hydroxyl groups is 1. The highest BCUT2D eigenvalue weighted by atomic mass is 16.5. The average Bonchev–Trinajstić information content (AvgIpc) is 3.02. The van der Waals surface area contributed by atoms with E-state index in [9.17, 15) is 19.8 Å². The second-order valence-electron chi connectivity index (χ2n) is 7.77. The molecule has 4 rings (SSSR count). The first-order valence-electron chi connectivity index (χ1n) is 10.2. The van der Waals surface area contributed by atoms with E-state index in [2.05, 4.69) is 0 Å². The van der Waals surface area contributed by atoms with Crippen LogP contribution in [0.5, 0.6) is 5.75 Å². The Balaban J connectivity index is 1.82. The molecule has 1 atom stereocenters. The summed E-state index contributed by atoms with van der Waals surface area (Å²) in [7, 11) is 1.53. The molecular weight excluding hydrogens is 382 g/mol. The number of likely N-dealkylation sites (tertiary alicyclic amines) is 1. The number of phenolic OH excluding ortho intramolecular Hbond substituents is 1. The molecular formula is C24H25NO5. The van der Waals surface area contributed by atoms with Crippen LogP contribution in [0.1, 0.15) is 41.1 Å². The van der Waals surface area contributed by atoms with Crippen molar-refractivity contribution >= 4 is 17.4 Å². The van der Waals surface area contributed by atoms with Crippen LogP contribution in [-0.2, 0) is 27.2 Å². The molecule has 6 nitrogen and oxygen atoms in total. The molecule has 0 spiro atoms. The highest BCUT2D eigenvalue weighted by Crippen LogP contribution is 2.40. The minimum atomic E-state index is -0.739. The van der Waals surface area contributed by atoms with Crippen molar-refractivity contribution in [3.63, 3.8) is 0 Å². The number of aliphatic hydroxyl groups excluding tert-OH is 1. The van der Waals surface area contributed by atoms with Gasteiger partial charge in [-0.05, 0) is 60.6 Å². The third-order valence-corrected chi connectivity index (χ3v) is 5.91. The number of ether oxygens (including phenoxy) is 1. The Bertz CT molecular complexity index is 1010. The molecule has 156 valence electrons. The first-order valence-corrected chi connectivity index (χ1v) is 10.2. The van der Waals surface area contributed by atoms with Crippen molar-refractivity contribution in [1.82, 2.24) is 4.90 Å². The SMILES string of the molecule is COCCN1C(=O)C(=O)/C(=C(\O)c2ccc3c(c2)CCCC3)C1c1ccc(O)cc1. The van der Waals surface area contributed by atoms with Crippen LogP contribution in [0.3, 0.4) is 0 Å². The van der Waals surface area contributed by atoms with Crippen LogP contribution in [-0.4, -0.2) is 47.1 Å². The molecule has 1 aliphatic carbocycles. The molecule has 0 aromatic heterocycles. The van der Waals surface area contributed by atoms with E-state index in [1.165, 1.54) is 35.3 Å². The maximum absolute atomic E-state index is 12.9. The summed E-state index contributed by atoms with van der Waals surface area (Å²) < 4.78 is 5.11. The quantitative estimate of drug-likeness (QED) is 0.451. The van der Waals surface area contributed by atoms with Crippen LogP contribution < -0.4 is 0 Å². The van der Waals surface area contributed by atoms with E-state index in [1.807, 2.05) is 18.2 Å². The first-order chi connectivity index (χ1) is 14.5. The van der Waals surface area contributed by atoms with Gasteiger partial charge in [-0.1, -0.05) is 24.3 Å². The fraction of sp³-hybridized carbons (Fsp3) is 0.333. The molecule has 2 aromatic rings. The maximum atomic E-state index is 12.9. The highest BCUT2D eigenvalue weighted by molar-refractivity contribution is 6.46. The molecule has 1 amide bonds. The number of aryl methyl sites for hydroxylation is 2. The summed E-state index contributed by atoms with van der Waals surface area (Å²) >= 11 is 0. The number of methoxy groups -OCH3 is 1. The van der Waals surface area contributed by atoms with Crippen LogP contribution in [0.4, 0.5) is 0 Å². The smallest absolute Gasteiger partial charge is 0.295 e. The zero-order valence-electron chi connectivity index (χ0n) is 16.9. The number of amides is 1. The molecule has 2 aliphatic rings. The monoisotopic (exact) mass is 407 g/mol. The van der Waals surface area contributed by atoms with E-state index in [-0.39, 0.29) is 30.2 Å². The number of ketones is 1. The molecule has 1 saturated heterocycles. The fourth-order valence-corrected chi connectivity index (χ4v) is 4.34. The van der Waals surface area contributed by atoms with Crippen LogP contribution in [0.2, 0.25) is 0 Å². The summed E-state index contributed by atoms with van der Waals surface area (Å²) in [5.74, 6) is -1.45. The van der Waals surface area contributed by atoms with Gasteiger partial charge >= 0.3 is 0 Å². The topological polar surface area (TPSA) is 87.1 Å². The van der Waals surface area contributed by atoms with Crippen LogP contribution in [0.25, 0.3) is 5.76 Å². The number of hydrogen-bond acceptors (Lipinski definition) is 5. The molecule has 1 aliphatic heterocycles. The number of aliphatic hydroxyl groups is 1. The van der Waals surface area contributed by atoms with Crippen molar-refractivity contribution in [1.29, 1.82) is 0 Å². The predicted molar refractivity (Wildman–Crippen MR) is 112 cm³/mol. The van der Waals surface area contributed by atoms with Crippen molar-refractivity contribution < 1.29 is 24.5 Å². The molecule has 1 fully saturated rings. The first kappa shape index (κ1) is 20.2. The standard InChI is InChI=1S/C24H25NO5/c1-30-13-12-25-21(16-8-10-19(26)11-9-16)20(23(28)24(25)29)22(27)18-7-6-15-4-2-3-5-17(15)14-18/h6-11,14,21,26-27H,2-5,12-13H2,1H3/b22-20-.